The van der Waals surface area contributed by atoms with E-state index >= 15 is 0 Å². The number of aromatic nitrogens is 4. The molecule has 0 fully saturated rings. The number of nitrogens with one attached hydrogen (secondary N) is 5. The van der Waals surface area contributed by atoms with Gasteiger partial charge in [-0.25, -0.2) is 13.4 Å². The van der Waals surface area contributed by atoms with Gasteiger partial charge in [-0.3, -0.25) is 9.71 Å². The number of aromatic amines is 2. The Kier molecular flexibility index (Phi) is 5.11. The number of benzene rings is 2. The summed E-state index contributed by atoms with van der Waals surface area (Å²) < 4.78 is 25.3. The molecule has 0 saturated heterocycles. The van der Waals surface area contributed by atoms with E-state index in [4.69, 9.17) is 0 Å². The van der Waals surface area contributed by atoms with Crippen molar-refractivity contribution < 1.29 is 18.5 Å². The number of hydrogen-bond acceptors (Lipinski definition) is 7. The van der Waals surface area contributed by atoms with Crippen molar-refractivity contribution in [3.63, 3.8) is 0 Å². The molecule has 6 N–H and O–H groups in total. The third-order valence-electron chi connectivity index (χ3n) is 4.13. The molecule has 2 heterocycles. The Bertz CT molecular complexity index is 1300. The smallest absolute Gasteiger partial charge is 0.307 e. The molecule has 2 aromatic heterocycles. The minimum Gasteiger partial charge on any atom is -0.508 e. The highest BCUT2D eigenvalue weighted by Crippen LogP contribution is 2.23. The van der Waals surface area contributed by atoms with Gasteiger partial charge in [0.1, 0.15) is 5.75 Å². The molecule has 0 radical (unpaired) electrons. The van der Waals surface area contributed by atoms with Gasteiger partial charge in [0.05, 0.1) is 11.9 Å². The first-order valence-corrected chi connectivity index (χ1v) is 10.9. The van der Waals surface area contributed by atoms with Crippen LogP contribution in [0.15, 0.2) is 54.9 Å². The molecule has 2 aromatic carbocycles. The van der Waals surface area contributed by atoms with E-state index in [1.54, 1.807) is 48.8 Å². The summed E-state index contributed by atoms with van der Waals surface area (Å²) in [4.78, 5) is 15.0. The van der Waals surface area contributed by atoms with Crippen LogP contribution in [0.25, 0.3) is 11.2 Å². The first-order chi connectivity index (χ1) is 14.4. The van der Waals surface area contributed by atoms with Gasteiger partial charge in [0.2, 0.25) is 15.5 Å². The quantitative estimate of drug-likeness (QED) is 0.304. The van der Waals surface area contributed by atoms with Gasteiger partial charge < -0.3 is 15.7 Å². The zero-order chi connectivity index (χ0) is 21.1. The SMILES string of the molecule is CS(=O)(=O)Nc1cccc(Nc2nc(NCc3cccc(O)c3)c3[nH]c[nH+]c3n2)c1. The fourth-order valence-corrected chi connectivity index (χ4v) is 3.47. The Hall–Kier alpha value is -3.86. The molecular formula is C19H20N7O3S+. The van der Waals surface area contributed by atoms with Gasteiger partial charge in [0.15, 0.2) is 12.1 Å². The molecule has 11 heteroatoms. The molecule has 154 valence electrons. The predicted molar refractivity (Wildman–Crippen MR) is 114 cm³/mol. The number of sulfonamides is 1. The Labute approximate surface area is 172 Å². The van der Waals surface area contributed by atoms with Crippen molar-refractivity contribution in [3.8, 4) is 5.75 Å². The molecule has 0 saturated carbocycles. The Morgan fingerprint density at radius 1 is 1.10 bits per heavy atom. The summed E-state index contributed by atoms with van der Waals surface area (Å²) in [6.45, 7) is 0.451. The molecule has 30 heavy (non-hydrogen) atoms. The van der Waals surface area contributed by atoms with Gasteiger partial charge in [0, 0.05) is 12.2 Å². The summed E-state index contributed by atoms with van der Waals surface area (Å²) >= 11 is 0. The summed E-state index contributed by atoms with van der Waals surface area (Å²) in [5.74, 6) is 1.09. The number of H-pyrrole nitrogens is 2. The fraction of sp³-hybridized carbons (Fsp3) is 0.105. The second-order valence-electron chi connectivity index (χ2n) is 6.66. The van der Waals surface area contributed by atoms with Crippen LogP contribution in [0.5, 0.6) is 5.75 Å². The van der Waals surface area contributed by atoms with E-state index in [-0.39, 0.29) is 5.75 Å². The summed E-state index contributed by atoms with van der Waals surface area (Å²) in [6, 6.07) is 13.8. The highest BCUT2D eigenvalue weighted by Gasteiger charge is 2.16. The van der Waals surface area contributed by atoms with E-state index in [0.29, 0.717) is 40.8 Å². The largest absolute Gasteiger partial charge is 0.508 e. The Balaban J connectivity index is 1.59. The predicted octanol–water partition coefficient (Wildman–Crippen LogP) is 2.20. The van der Waals surface area contributed by atoms with Gasteiger partial charge in [0.25, 0.3) is 0 Å². The maximum absolute atomic E-state index is 11.5. The number of aromatic hydroxyl groups is 1. The van der Waals surface area contributed by atoms with Crippen LogP contribution in [0.4, 0.5) is 23.1 Å². The van der Waals surface area contributed by atoms with Crippen LogP contribution in [0.3, 0.4) is 0 Å². The molecule has 0 atom stereocenters. The second-order valence-corrected chi connectivity index (χ2v) is 8.40. The van der Waals surface area contributed by atoms with E-state index in [9.17, 15) is 13.5 Å². The lowest BCUT2D eigenvalue weighted by Crippen LogP contribution is -2.10. The minimum absolute atomic E-state index is 0.195. The lowest BCUT2D eigenvalue weighted by atomic mass is 10.2. The first-order valence-electron chi connectivity index (χ1n) is 8.99. The number of phenols is 1. The molecule has 0 unspecified atom stereocenters. The number of imidazole rings is 1. The van der Waals surface area contributed by atoms with Crippen molar-refractivity contribution in [1.29, 1.82) is 0 Å². The second kappa shape index (κ2) is 7.87. The Morgan fingerprint density at radius 2 is 1.90 bits per heavy atom. The lowest BCUT2D eigenvalue weighted by Gasteiger charge is -2.09. The van der Waals surface area contributed by atoms with E-state index < -0.39 is 10.0 Å². The zero-order valence-corrected chi connectivity index (χ0v) is 16.8. The standard InChI is InChI=1S/C19H19N7O3S/c1-30(28,29)26-14-6-3-5-13(9-14)23-19-24-17(16-18(25-19)22-11-21-16)20-10-12-4-2-7-15(27)8-12/h2-9,11,26-27H,10H2,1H3,(H3,20,21,22,23,24,25)/p+1. The average molecular weight is 426 g/mol. The van der Waals surface area contributed by atoms with Crippen LogP contribution >= 0.6 is 0 Å². The highest BCUT2D eigenvalue weighted by atomic mass is 32.2. The van der Waals surface area contributed by atoms with Crippen LogP contribution in [-0.2, 0) is 16.6 Å². The number of hydrogen-bond donors (Lipinski definition) is 5. The van der Waals surface area contributed by atoms with Crippen LogP contribution in [0.2, 0.25) is 0 Å². The molecule has 0 aliphatic carbocycles. The summed E-state index contributed by atoms with van der Waals surface area (Å²) in [7, 11) is -3.38. The molecule has 0 spiro atoms. The van der Waals surface area contributed by atoms with Crippen molar-refractivity contribution in [3.05, 3.63) is 60.4 Å². The highest BCUT2D eigenvalue weighted by molar-refractivity contribution is 7.92. The van der Waals surface area contributed by atoms with Crippen molar-refractivity contribution in [2.24, 2.45) is 0 Å². The molecule has 0 amide bonds. The number of anilines is 4. The van der Waals surface area contributed by atoms with Crippen LogP contribution in [0.1, 0.15) is 5.56 Å². The van der Waals surface area contributed by atoms with E-state index in [0.717, 1.165) is 11.8 Å². The normalized spacial score (nSPS) is 11.4. The molecule has 4 rings (SSSR count). The Morgan fingerprint density at radius 3 is 2.70 bits per heavy atom. The van der Waals surface area contributed by atoms with Gasteiger partial charge in [-0.1, -0.05) is 23.2 Å². The van der Waals surface area contributed by atoms with Gasteiger partial charge in [-0.15, -0.1) is 0 Å². The van der Waals surface area contributed by atoms with Crippen molar-refractivity contribution in [2.45, 2.75) is 6.54 Å². The van der Waals surface area contributed by atoms with Crippen molar-refractivity contribution in [2.75, 3.05) is 21.6 Å². The molecule has 10 nitrogen and oxygen atoms in total. The number of phenolic OH excluding ortho intramolecular Hbond substituents is 1. The molecule has 0 bridgehead atoms. The van der Waals surface area contributed by atoms with E-state index in [1.165, 1.54) is 0 Å². The third-order valence-corrected chi connectivity index (χ3v) is 4.73. The molecule has 0 aliphatic heterocycles. The van der Waals surface area contributed by atoms with Gasteiger partial charge >= 0.3 is 11.6 Å². The van der Waals surface area contributed by atoms with Crippen molar-refractivity contribution in [1.82, 2.24) is 15.0 Å². The van der Waals surface area contributed by atoms with Gasteiger partial charge in [-0.05, 0) is 35.9 Å². The summed E-state index contributed by atoms with van der Waals surface area (Å²) in [5.41, 5.74) is 3.24. The average Bonchev–Trinajstić information content (AvgIpc) is 3.14. The zero-order valence-electron chi connectivity index (χ0n) is 16.0. The number of fused-ring (bicyclic) bond motifs is 1. The molecule has 4 aromatic rings. The molecular weight excluding hydrogens is 406 g/mol. The first kappa shape index (κ1) is 19.5. The van der Waals surface area contributed by atoms with E-state index in [2.05, 4.69) is 35.3 Å². The third kappa shape index (κ3) is 4.75. The number of nitrogens with zero attached hydrogens (tertiary/aromatic N) is 2. The van der Waals surface area contributed by atoms with Crippen molar-refractivity contribution >= 4 is 44.3 Å². The van der Waals surface area contributed by atoms with Crippen LogP contribution in [-0.4, -0.2) is 34.7 Å². The lowest BCUT2D eigenvalue weighted by molar-refractivity contribution is -0.347. The minimum atomic E-state index is -3.38. The summed E-state index contributed by atoms with van der Waals surface area (Å²) in [5, 5.41) is 16.0. The van der Waals surface area contributed by atoms with Crippen LogP contribution in [0, 0.1) is 0 Å². The topological polar surface area (TPSA) is 146 Å². The fourth-order valence-electron chi connectivity index (χ4n) is 2.92. The molecule has 0 aliphatic rings. The maximum Gasteiger partial charge on any atom is 0.307 e. The van der Waals surface area contributed by atoms with E-state index in [1.807, 2.05) is 6.07 Å². The summed E-state index contributed by atoms with van der Waals surface area (Å²) in [6.07, 6.45) is 2.75. The van der Waals surface area contributed by atoms with Gasteiger partial charge in [-0.2, -0.15) is 4.98 Å². The monoisotopic (exact) mass is 426 g/mol. The number of rotatable bonds is 7. The maximum atomic E-state index is 11.5. The van der Waals surface area contributed by atoms with Crippen LogP contribution < -0.4 is 20.3 Å².